The lowest BCUT2D eigenvalue weighted by Crippen LogP contribution is -2.54. The van der Waals surface area contributed by atoms with Crippen molar-refractivity contribution in [3.05, 3.63) is 71.8 Å². The third kappa shape index (κ3) is 5.94. The molecule has 0 aromatic heterocycles. The third-order valence-electron chi connectivity index (χ3n) is 4.36. The maximum Gasteiger partial charge on any atom is 0.328 e. The van der Waals surface area contributed by atoms with Crippen LogP contribution in [0.2, 0.25) is 0 Å². The summed E-state index contributed by atoms with van der Waals surface area (Å²) in [7, 11) is 1.28. The van der Waals surface area contributed by atoms with Gasteiger partial charge in [0.25, 0.3) is 5.91 Å². The molecule has 2 aromatic rings. The molecule has 6 heteroatoms. The van der Waals surface area contributed by atoms with Crippen molar-refractivity contribution in [2.75, 3.05) is 7.11 Å². The Morgan fingerprint density at radius 1 is 0.893 bits per heavy atom. The van der Waals surface area contributed by atoms with Crippen LogP contribution in [0, 0.1) is 5.92 Å². The fourth-order valence-corrected chi connectivity index (χ4v) is 2.80. The number of rotatable bonds is 8. The quantitative estimate of drug-likeness (QED) is 0.687. The van der Waals surface area contributed by atoms with Crippen LogP contribution < -0.4 is 10.6 Å². The van der Waals surface area contributed by atoms with Gasteiger partial charge in [-0.1, -0.05) is 62.4 Å². The smallest absolute Gasteiger partial charge is 0.328 e. The molecule has 0 aliphatic carbocycles. The fraction of sp³-hybridized carbons (Fsp3) is 0.318. The molecule has 148 valence electrons. The van der Waals surface area contributed by atoms with Crippen molar-refractivity contribution in [3.8, 4) is 0 Å². The number of carbonyl (C=O) groups is 3. The number of ether oxygens (including phenoxy) is 1. The minimum atomic E-state index is -0.838. The number of benzene rings is 2. The van der Waals surface area contributed by atoms with E-state index in [-0.39, 0.29) is 11.8 Å². The van der Waals surface area contributed by atoms with Gasteiger partial charge in [0.05, 0.1) is 7.11 Å². The largest absolute Gasteiger partial charge is 0.467 e. The normalized spacial score (nSPS) is 12.7. The molecule has 0 saturated heterocycles. The van der Waals surface area contributed by atoms with E-state index in [9.17, 15) is 14.4 Å². The number of esters is 1. The summed E-state index contributed by atoms with van der Waals surface area (Å²) < 4.78 is 4.84. The second kappa shape index (κ2) is 10.3. The zero-order chi connectivity index (χ0) is 20.5. The molecule has 0 spiro atoms. The second-order valence-electron chi connectivity index (χ2n) is 6.84. The van der Waals surface area contributed by atoms with Crippen LogP contribution in [-0.4, -0.2) is 37.0 Å². The van der Waals surface area contributed by atoms with Crippen molar-refractivity contribution >= 4 is 17.8 Å². The van der Waals surface area contributed by atoms with Gasteiger partial charge in [-0.05, 0) is 23.6 Å². The Hall–Kier alpha value is -3.15. The monoisotopic (exact) mass is 382 g/mol. The maximum absolute atomic E-state index is 12.8. The molecule has 2 amide bonds. The van der Waals surface area contributed by atoms with Gasteiger partial charge in [0.1, 0.15) is 12.1 Å². The molecule has 28 heavy (non-hydrogen) atoms. The summed E-state index contributed by atoms with van der Waals surface area (Å²) in [6.07, 6.45) is 0.302. The number of hydrogen-bond donors (Lipinski definition) is 2. The Bertz CT molecular complexity index is 791. The second-order valence-corrected chi connectivity index (χ2v) is 6.84. The summed E-state index contributed by atoms with van der Waals surface area (Å²) >= 11 is 0. The van der Waals surface area contributed by atoms with E-state index in [1.54, 1.807) is 24.3 Å². The van der Waals surface area contributed by atoms with Gasteiger partial charge in [0, 0.05) is 12.0 Å². The molecule has 2 N–H and O–H groups in total. The number of nitrogens with one attached hydrogen (secondary N) is 2. The first kappa shape index (κ1) is 21.2. The minimum Gasteiger partial charge on any atom is -0.467 e. The molecular weight excluding hydrogens is 356 g/mol. The molecule has 0 radical (unpaired) electrons. The topological polar surface area (TPSA) is 84.5 Å². The summed E-state index contributed by atoms with van der Waals surface area (Å²) in [5.74, 6) is -1.46. The Balaban J connectivity index is 2.11. The van der Waals surface area contributed by atoms with E-state index in [1.165, 1.54) is 7.11 Å². The summed E-state index contributed by atoms with van der Waals surface area (Å²) in [5, 5.41) is 5.48. The van der Waals surface area contributed by atoms with E-state index < -0.39 is 24.0 Å². The van der Waals surface area contributed by atoms with Crippen LogP contribution in [0.25, 0.3) is 0 Å². The Kier molecular flexibility index (Phi) is 7.75. The predicted octanol–water partition coefficient (Wildman–Crippen LogP) is 2.34. The van der Waals surface area contributed by atoms with Crippen LogP contribution in [0.1, 0.15) is 29.8 Å². The molecule has 0 saturated carbocycles. The van der Waals surface area contributed by atoms with Crippen LogP contribution in [0.5, 0.6) is 0 Å². The first-order valence-electron chi connectivity index (χ1n) is 9.20. The first-order chi connectivity index (χ1) is 13.4. The van der Waals surface area contributed by atoms with Gasteiger partial charge in [0.15, 0.2) is 0 Å². The highest BCUT2D eigenvalue weighted by Crippen LogP contribution is 2.09. The summed E-state index contributed by atoms with van der Waals surface area (Å²) in [5.41, 5.74) is 1.36. The Morgan fingerprint density at radius 3 is 2.00 bits per heavy atom. The van der Waals surface area contributed by atoms with Gasteiger partial charge >= 0.3 is 5.97 Å². The van der Waals surface area contributed by atoms with E-state index in [1.807, 2.05) is 50.2 Å². The van der Waals surface area contributed by atoms with E-state index in [2.05, 4.69) is 10.6 Å². The van der Waals surface area contributed by atoms with Crippen molar-refractivity contribution in [1.82, 2.24) is 10.6 Å². The van der Waals surface area contributed by atoms with Crippen molar-refractivity contribution in [3.63, 3.8) is 0 Å². The van der Waals surface area contributed by atoms with Crippen LogP contribution in [0.4, 0.5) is 0 Å². The molecule has 0 aliphatic rings. The zero-order valence-electron chi connectivity index (χ0n) is 16.3. The fourth-order valence-electron chi connectivity index (χ4n) is 2.80. The van der Waals surface area contributed by atoms with Gasteiger partial charge < -0.3 is 15.4 Å². The van der Waals surface area contributed by atoms with E-state index in [0.29, 0.717) is 12.0 Å². The highest BCUT2D eigenvalue weighted by atomic mass is 16.5. The minimum absolute atomic E-state index is 0.164. The molecule has 2 rings (SSSR count). The molecule has 0 aliphatic heterocycles. The van der Waals surface area contributed by atoms with Gasteiger partial charge in [0.2, 0.25) is 5.91 Å². The van der Waals surface area contributed by atoms with Crippen LogP contribution in [0.15, 0.2) is 60.7 Å². The highest BCUT2D eigenvalue weighted by molar-refractivity contribution is 5.98. The molecule has 0 bridgehead atoms. The zero-order valence-corrected chi connectivity index (χ0v) is 16.3. The molecule has 2 unspecified atom stereocenters. The molecule has 6 nitrogen and oxygen atoms in total. The van der Waals surface area contributed by atoms with Crippen LogP contribution in [-0.2, 0) is 20.7 Å². The lowest BCUT2D eigenvalue weighted by Gasteiger charge is -2.24. The molecular formula is C22H26N2O4. The number of methoxy groups -OCH3 is 1. The molecule has 2 atom stereocenters. The molecule has 0 fully saturated rings. The van der Waals surface area contributed by atoms with E-state index in [0.717, 1.165) is 5.56 Å². The standard InChI is InChI=1S/C22H26N2O4/c1-15(2)19(24-20(25)17-12-8-5-9-13-17)21(26)23-18(22(27)28-3)14-16-10-6-4-7-11-16/h4-13,15,18-19H,14H2,1-3H3,(H,23,26)(H,24,25). The Morgan fingerprint density at radius 2 is 1.46 bits per heavy atom. The van der Waals surface area contributed by atoms with Crippen molar-refractivity contribution in [1.29, 1.82) is 0 Å². The molecule has 0 heterocycles. The van der Waals surface area contributed by atoms with E-state index in [4.69, 9.17) is 4.74 Å². The first-order valence-corrected chi connectivity index (χ1v) is 9.20. The van der Waals surface area contributed by atoms with Crippen molar-refractivity contribution < 1.29 is 19.1 Å². The lowest BCUT2D eigenvalue weighted by atomic mass is 10.0. The summed E-state index contributed by atoms with van der Waals surface area (Å²) in [6.45, 7) is 3.67. The van der Waals surface area contributed by atoms with E-state index >= 15 is 0 Å². The number of amides is 2. The lowest BCUT2D eigenvalue weighted by molar-refractivity contribution is -0.145. The van der Waals surface area contributed by atoms with Crippen molar-refractivity contribution in [2.45, 2.75) is 32.4 Å². The van der Waals surface area contributed by atoms with Gasteiger partial charge in [-0.3, -0.25) is 9.59 Å². The Labute approximate surface area is 165 Å². The van der Waals surface area contributed by atoms with Crippen LogP contribution >= 0.6 is 0 Å². The van der Waals surface area contributed by atoms with Gasteiger partial charge in [-0.15, -0.1) is 0 Å². The maximum atomic E-state index is 12.8. The third-order valence-corrected chi connectivity index (χ3v) is 4.36. The van der Waals surface area contributed by atoms with Gasteiger partial charge in [-0.2, -0.15) is 0 Å². The summed E-state index contributed by atoms with van der Waals surface area (Å²) in [6, 6.07) is 16.4. The average Bonchev–Trinajstić information content (AvgIpc) is 2.71. The number of carbonyl (C=O) groups excluding carboxylic acids is 3. The number of hydrogen-bond acceptors (Lipinski definition) is 4. The average molecular weight is 382 g/mol. The predicted molar refractivity (Wildman–Crippen MR) is 107 cm³/mol. The highest BCUT2D eigenvalue weighted by Gasteiger charge is 2.29. The van der Waals surface area contributed by atoms with Gasteiger partial charge in [-0.25, -0.2) is 4.79 Å². The van der Waals surface area contributed by atoms with Crippen molar-refractivity contribution in [2.24, 2.45) is 5.92 Å². The van der Waals surface area contributed by atoms with Crippen LogP contribution in [0.3, 0.4) is 0 Å². The molecule has 2 aromatic carbocycles. The SMILES string of the molecule is COC(=O)C(Cc1ccccc1)NC(=O)C(NC(=O)c1ccccc1)C(C)C. The summed E-state index contributed by atoms with van der Waals surface area (Å²) in [4.78, 5) is 37.5.